The molecule has 0 aromatic rings. The van der Waals surface area contributed by atoms with Crippen LogP contribution >= 0.6 is 0 Å². The van der Waals surface area contributed by atoms with Gasteiger partial charge in [-0.2, -0.15) is 0 Å². The molecular weight excluding hydrogens is 344 g/mol. The minimum absolute atomic E-state index is 0. The van der Waals surface area contributed by atoms with Crippen molar-refractivity contribution in [3.8, 4) is 0 Å². The summed E-state index contributed by atoms with van der Waals surface area (Å²) in [6, 6.07) is 0. The Morgan fingerprint density at radius 1 is 0.471 bits per heavy atom. The van der Waals surface area contributed by atoms with E-state index in [1.165, 1.54) is 45.2 Å². The van der Waals surface area contributed by atoms with E-state index < -0.39 is 0 Å². The van der Waals surface area contributed by atoms with Crippen LogP contribution in [0.4, 0.5) is 0 Å². The first-order valence-electron chi connectivity index (χ1n) is 6.32. The van der Waals surface area contributed by atoms with E-state index in [1.807, 2.05) is 0 Å². The van der Waals surface area contributed by atoms with Crippen molar-refractivity contribution < 1.29 is 42.9 Å². The summed E-state index contributed by atoms with van der Waals surface area (Å²) in [6.45, 7) is 2.63. The van der Waals surface area contributed by atoms with Crippen molar-refractivity contribution in [3.05, 3.63) is 0 Å². The number of hydrogen-bond acceptors (Lipinski definition) is 0. The molecule has 0 aromatic carbocycles. The fraction of sp³-hybridized carbons (Fsp3) is 1.00. The van der Waals surface area contributed by atoms with Crippen LogP contribution in [0.3, 0.4) is 0 Å². The zero-order chi connectivity index (χ0) is 11.9. The van der Waals surface area contributed by atoms with Crippen molar-refractivity contribution >= 4 is 0 Å². The van der Waals surface area contributed by atoms with E-state index in [9.17, 15) is 0 Å². The third-order valence-corrected chi connectivity index (χ3v) is 2.66. The zero-order valence-corrected chi connectivity index (χ0v) is 15.8. The van der Waals surface area contributed by atoms with Gasteiger partial charge in [-0.05, 0) is 25.7 Å². The first-order chi connectivity index (χ1) is 6.71. The maximum Gasteiger partial charge on any atom is 0.0780 e. The molecule has 0 spiro atoms. The molecule has 0 aliphatic heterocycles. The average Bonchev–Trinajstić information content (AvgIpc) is 1.98. The number of halogens is 2. The van der Waals surface area contributed by atoms with Crippen LogP contribution in [0.15, 0.2) is 0 Å². The van der Waals surface area contributed by atoms with Crippen molar-refractivity contribution in [1.29, 1.82) is 0 Å². The highest BCUT2D eigenvalue weighted by atomic mass is 79.9. The lowest BCUT2D eigenvalue weighted by Gasteiger charge is -2.24. The van der Waals surface area contributed by atoms with E-state index in [1.54, 1.807) is 0 Å². The summed E-state index contributed by atoms with van der Waals surface area (Å²) in [5.74, 6) is 0. The Morgan fingerprint density at radius 3 is 0.941 bits per heavy atom. The molecule has 0 aromatic heterocycles. The second-order valence-electron chi connectivity index (χ2n) is 6.80. The van der Waals surface area contributed by atoms with E-state index in [4.69, 9.17) is 0 Å². The van der Waals surface area contributed by atoms with Gasteiger partial charge in [-0.25, -0.2) is 0 Å². The molecule has 2 nitrogen and oxygen atoms in total. The van der Waals surface area contributed by atoms with Crippen LogP contribution < -0.4 is 34.0 Å². The molecule has 17 heavy (non-hydrogen) atoms. The molecule has 4 heteroatoms. The highest BCUT2D eigenvalue weighted by Crippen LogP contribution is 2.06. The molecule has 0 rings (SSSR count). The molecule has 0 saturated carbocycles. The van der Waals surface area contributed by atoms with Crippen LogP contribution in [-0.2, 0) is 0 Å². The van der Waals surface area contributed by atoms with Crippen LogP contribution in [0.2, 0.25) is 0 Å². The largest absolute Gasteiger partial charge is 1.00 e. The molecule has 0 saturated heterocycles. The first-order valence-corrected chi connectivity index (χ1v) is 6.32. The topological polar surface area (TPSA) is 0 Å². The van der Waals surface area contributed by atoms with Crippen molar-refractivity contribution in [3.63, 3.8) is 0 Å². The fourth-order valence-corrected chi connectivity index (χ4v) is 1.70. The van der Waals surface area contributed by atoms with Gasteiger partial charge in [0.05, 0.1) is 55.4 Å². The van der Waals surface area contributed by atoms with E-state index in [-0.39, 0.29) is 34.0 Å². The Morgan fingerprint density at radius 2 is 0.706 bits per heavy atom. The maximum atomic E-state index is 2.27. The Bertz CT molecular complexity index is 142. The van der Waals surface area contributed by atoms with Crippen LogP contribution in [-0.4, -0.2) is 64.3 Å². The molecule has 0 heterocycles. The van der Waals surface area contributed by atoms with Gasteiger partial charge in [0.1, 0.15) is 0 Å². The number of unbranched alkanes of at least 4 members (excludes halogenated alkanes) is 4. The normalized spacial score (nSPS) is 11.6. The molecule has 0 unspecified atom stereocenters. The Kier molecular flexibility index (Phi) is 14.6. The van der Waals surface area contributed by atoms with Gasteiger partial charge in [0.2, 0.25) is 0 Å². The van der Waals surface area contributed by atoms with E-state index >= 15 is 0 Å². The smallest absolute Gasteiger partial charge is 0.0780 e. The quantitative estimate of drug-likeness (QED) is 0.303. The summed E-state index contributed by atoms with van der Waals surface area (Å²) in [5, 5.41) is 0. The predicted octanol–water partition coefficient (Wildman–Crippen LogP) is -3.64. The Balaban J connectivity index is -0.000000980. The van der Waals surface area contributed by atoms with Crippen molar-refractivity contribution in [2.24, 2.45) is 0 Å². The molecule has 0 N–H and O–H groups in total. The van der Waals surface area contributed by atoms with Gasteiger partial charge >= 0.3 is 0 Å². The zero-order valence-electron chi connectivity index (χ0n) is 12.6. The van der Waals surface area contributed by atoms with Gasteiger partial charge in [0, 0.05) is 0 Å². The van der Waals surface area contributed by atoms with Gasteiger partial charge in [-0.3, -0.25) is 0 Å². The lowest BCUT2D eigenvalue weighted by molar-refractivity contribution is -0.870. The number of nitrogens with zero attached hydrogens (tertiary/aromatic N) is 2. The lowest BCUT2D eigenvalue weighted by Crippen LogP contribution is -3.00. The molecule has 0 amide bonds. The molecular formula is C13H32Br2N2. The summed E-state index contributed by atoms with van der Waals surface area (Å²) in [6.07, 6.45) is 7.00. The molecule has 0 aliphatic carbocycles. The monoisotopic (exact) mass is 374 g/mol. The second-order valence-corrected chi connectivity index (χ2v) is 6.80. The highest BCUT2D eigenvalue weighted by molar-refractivity contribution is 4.44. The molecule has 0 bridgehead atoms. The fourth-order valence-electron chi connectivity index (χ4n) is 1.70. The Labute approximate surface area is 130 Å². The standard InChI is InChI=1S/C13H32N2.2BrH/c1-14(2,3)12-10-8-7-9-11-13-15(4,5)6;;/h7-13H2,1-6H3;2*1H/q+2;;/p-2. The van der Waals surface area contributed by atoms with Crippen LogP contribution in [0.25, 0.3) is 0 Å². The van der Waals surface area contributed by atoms with Gasteiger partial charge in [0.15, 0.2) is 0 Å². The summed E-state index contributed by atoms with van der Waals surface area (Å²) < 4.78 is 2.22. The number of rotatable bonds is 8. The first kappa shape index (κ1) is 23.0. The average molecular weight is 376 g/mol. The van der Waals surface area contributed by atoms with Gasteiger partial charge < -0.3 is 42.9 Å². The van der Waals surface area contributed by atoms with E-state index in [0.29, 0.717) is 0 Å². The van der Waals surface area contributed by atoms with Crippen molar-refractivity contribution in [1.82, 2.24) is 0 Å². The second kappa shape index (κ2) is 10.8. The number of hydrogen-bond donors (Lipinski definition) is 0. The summed E-state index contributed by atoms with van der Waals surface area (Å²) >= 11 is 0. The van der Waals surface area contributed by atoms with Crippen LogP contribution in [0, 0.1) is 0 Å². The van der Waals surface area contributed by atoms with Gasteiger partial charge in [-0.15, -0.1) is 0 Å². The van der Waals surface area contributed by atoms with E-state index in [2.05, 4.69) is 42.3 Å². The van der Waals surface area contributed by atoms with Crippen LogP contribution in [0.5, 0.6) is 0 Å². The third-order valence-electron chi connectivity index (χ3n) is 2.66. The minimum atomic E-state index is 0. The highest BCUT2D eigenvalue weighted by Gasteiger charge is 2.07. The van der Waals surface area contributed by atoms with Gasteiger partial charge in [-0.1, -0.05) is 6.42 Å². The Hall–Kier alpha value is 0.880. The SMILES string of the molecule is C[N+](C)(C)CCCCCCC[N+](C)(C)C.[Br-].[Br-]. The van der Waals surface area contributed by atoms with E-state index in [0.717, 1.165) is 8.97 Å². The molecule has 0 atom stereocenters. The number of quaternary nitrogens is 2. The lowest BCUT2D eigenvalue weighted by atomic mass is 10.1. The summed E-state index contributed by atoms with van der Waals surface area (Å²) in [7, 11) is 13.6. The summed E-state index contributed by atoms with van der Waals surface area (Å²) in [5.41, 5.74) is 0. The predicted molar refractivity (Wildman–Crippen MR) is 68.9 cm³/mol. The summed E-state index contributed by atoms with van der Waals surface area (Å²) in [4.78, 5) is 0. The molecule has 0 aliphatic rings. The van der Waals surface area contributed by atoms with Gasteiger partial charge in [0.25, 0.3) is 0 Å². The molecule has 0 fully saturated rings. The molecule has 0 radical (unpaired) electrons. The minimum Gasteiger partial charge on any atom is -1.00 e. The van der Waals surface area contributed by atoms with Crippen molar-refractivity contribution in [2.75, 3.05) is 55.4 Å². The maximum absolute atomic E-state index is 2.27. The van der Waals surface area contributed by atoms with Crippen molar-refractivity contribution in [2.45, 2.75) is 32.1 Å². The molecule has 108 valence electrons. The van der Waals surface area contributed by atoms with Crippen LogP contribution in [0.1, 0.15) is 32.1 Å². The third kappa shape index (κ3) is 22.5.